The summed E-state index contributed by atoms with van der Waals surface area (Å²) in [5.74, 6) is -0.219. The fourth-order valence-electron chi connectivity index (χ4n) is 2.86. The van der Waals surface area contributed by atoms with E-state index in [0.717, 1.165) is 18.7 Å². The molecular formula is C13H11F3N4O2. The predicted molar refractivity (Wildman–Crippen MR) is 67.1 cm³/mol. The first-order valence-corrected chi connectivity index (χ1v) is 6.71. The second-order valence-electron chi connectivity index (χ2n) is 5.65. The van der Waals surface area contributed by atoms with E-state index in [9.17, 15) is 18.0 Å². The highest BCUT2D eigenvalue weighted by Crippen LogP contribution is 2.48. The number of halogens is 3. The smallest absolute Gasteiger partial charge is 0.379 e. The van der Waals surface area contributed by atoms with Gasteiger partial charge in [-0.3, -0.25) is 4.79 Å². The van der Waals surface area contributed by atoms with Crippen LogP contribution in [0.4, 0.5) is 13.2 Å². The molecule has 1 amide bonds. The average Bonchev–Trinajstić information content (AvgIpc) is 2.84. The van der Waals surface area contributed by atoms with Crippen LogP contribution in [0.2, 0.25) is 0 Å². The van der Waals surface area contributed by atoms with Crippen LogP contribution in [-0.2, 0) is 10.9 Å². The first-order valence-electron chi connectivity index (χ1n) is 6.71. The summed E-state index contributed by atoms with van der Waals surface area (Å²) in [4.78, 5) is 16.0. The molecule has 1 N–H and O–H groups in total. The number of carbonyl (C=O) groups is 1. The summed E-state index contributed by atoms with van der Waals surface area (Å²) in [5, 5.41) is 6.57. The molecule has 0 unspecified atom stereocenters. The molecule has 116 valence electrons. The van der Waals surface area contributed by atoms with Gasteiger partial charge in [0.15, 0.2) is 11.3 Å². The molecule has 1 aliphatic heterocycles. The number of fused-ring (bicyclic) bond motifs is 2. The van der Waals surface area contributed by atoms with E-state index in [-0.39, 0.29) is 22.8 Å². The molecule has 2 aliphatic rings. The molecule has 1 aliphatic carbocycles. The molecule has 0 aromatic carbocycles. The number of nitrogens with zero attached hydrogens (tertiary/aromatic N) is 3. The Morgan fingerprint density at radius 1 is 1.50 bits per heavy atom. The first-order chi connectivity index (χ1) is 10.4. The summed E-state index contributed by atoms with van der Waals surface area (Å²) in [5.41, 5.74) is -1.44. The molecule has 1 saturated heterocycles. The van der Waals surface area contributed by atoms with Crippen molar-refractivity contribution in [1.29, 1.82) is 0 Å². The predicted octanol–water partition coefficient (Wildman–Crippen LogP) is 1.27. The van der Waals surface area contributed by atoms with E-state index in [1.54, 1.807) is 0 Å². The normalized spacial score (nSPS) is 27.0. The third kappa shape index (κ3) is 1.96. The molecule has 9 heteroatoms. The molecule has 2 aromatic heterocycles. The zero-order valence-corrected chi connectivity index (χ0v) is 11.2. The fraction of sp³-hybridized carbons (Fsp3) is 0.462. The Hall–Kier alpha value is -2.16. The third-order valence-electron chi connectivity index (χ3n) is 4.15. The standard InChI is InChI=1S/C13H11F3N4O2/c14-13(15,16)9-1-2-17-10-3-8(19-20(9)10)11(21)18-12-4-7(12)5-22-6-12/h1-3,7H,4-6H2,(H,18,21)/t7-,12-/m0/s1. The van der Waals surface area contributed by atoms with Crippen molar-refractivity contribution < 1.29 is 22.7 Å². The summed E-state index contributed by atoms with van der Waals surface area (Å²) < 4.78 is 44.7. The molecule has 1 saturated carbocycles. The van der Waals surface area contributed by atoms with Gasteiger partial charge in [-0.2, -0.15) is 18.3 Å². The van der Waals surface area contributed by atoms with Gasteiger partial charge in [0.05, 0.1) is 18.8 Å². The minimum absolute atomic E-state index is 0.0208. The van der Waals surface area contributed by atoms with Gasteiger partial charge in [0, 0.05) is 18.2 Å². The Bertz CT molecular complexity index is 772. The molecule has 2 fully saturated rings. The Labute approximate surface area is 122 Å². The van der Waals surface area contributed by atoms with Crippen molar-refractivity contribution in [2.24, 2.45) is 5.92 Å². The number of amides is 1. The second kappa shape index (κ2) is 4.19. The van der Waals surface area contributed by atoms with Crippen molar-refractivity contribution in [1.82, 2.24) is 19.9 Å². The quantitative estimate of drug-likeness (QED) is 0.907. The van der Waals surface area contributed by atoms with Gasteiger partial charge in [-0.15, -0.1) is 0 Å². The van der Waals surface area contributed by atoms with E-state index in [1.165, 1.54) is 6.07 Å². The molecule has 0 radical (unpaired) electrons. The number of carbonyl (C=O) groups excluding carboxylic acids is 1. The molecule has 2 aromatic rings. The number of hydrogen-bond acceptors (Lipinski definition) is 4. The van der Waals surface area contributed by atoms with Gasteiger partial charge in [0.2, 0.25) is 0 Å². The van der Waals surface area contributed by atoms with Crippen molar-refractivity contribution in [3.63, 3.8) is 0 Å². The summed E-state index contributed by atoms with van der Waals surface area (Å²) in [6.45, 7) is 1.04. The molecule has 0 bridgehead atoms. The van der Waals surface area contributed by atoms with Crippen LogP contribution in [0, 0.1) is 5.92 Å². The van der Waals surface area contributed by atoms with Crippen LogP contribution in [0.3, 0.4) is 0 Å². The maximum absolute atomic E-state index is 12.9. The summed E-state index contributed by atoms with van der Waals surface area (Å²) in [6, 6.07) is 2.07. The number of alkyl halides is 3. The van der Waals surface area contributed by atoms with Crippen LogP contribution >= 0.6 is 0 Å². The minimum Gasteiger partial charge on any atom is -0.379 e. The van der Waals surface area contributed by atoms with Gasteiger partial charge in [0.25, 0.3) is 5.91 Å². The van der Waals surface area contributed by atoms with Crippen molar-refractivity contribution in [2.75, 3.05) is 13.2 Å². The lowest BCUT2D eigenvalue weighted by Crippen LogP contribution is -2.39. The Balaban J connectivity index is 1.67. The highest BCUT2D eigenvalue weighted by Gasteiger charge is 2.59. The monoisotopic (exact) mass is 312 g/mol. The van der Waals surface area contributed by atoms with Gasteiger partial charge < -0.3 is 10.1 Å². The van der Waals surface area contributed by atoms with Crippen molar-refractivity contribution in [3.05, 3.63) is 29.7 Å². The van der Waals surface area contributed by atoms with Crippen LogP contribution in [0.1, 0.15) is 22.6 Å². The van der Waals surface area contributed by atoms with Crippen LogP contribution in [-0.4, -0.2) is 39.3 Å². The summed E-state index contributed by atoms with van der Waals surface area (Å²) in [7, 11) is 0. The Kier molecular flexibility index (Phi) is 2.57. The SMILES string of the molecule is O=C(N[C@@]12COC[C@@H]1C2)c1cc2nccc(C(F)(F)F)n2n1. The van der Waals surface area contributed by atoms with Gasteiger partial charge in [0.1, 0.15) is 5.69 Å². The minimum atomic E-state index is -4.57. The third-order valence-corrected chi connectivity index (χ3v) is 4.15. The van der Waals surface area contributed by atoms with E-state index in [0.29, 0.717) is 17.7 Å². The van der Waals surface area contributed by atoms with E-state index in [1.807, 2.05) is 0 Å². The Morgan fingerprint density at radius 2 is 2.32 bits per heavy atom. The van der Waals surface area contributed by atoms with Gasteiger partial charge in [-0.1, -0.05) is 0 Å². The van der Waals surface area contributed by atoms with Crippen molar-refractivity contribution in [3.8, 4) is 0 Å². The lowest BCUT2D eigenvalue weighted by molar-refractivity contribution is -0.142. The van der Waals surface area contributed by atoms with Gasteiger partial charge >= 0.3 is 6.18 Å². The largest absolute Gasteiger partial charge is 0.433 e. The van der Waals surface area contributed by atoms with Crippen LogP contribution < -0.4 is 5.32 Å². The zero-order valence-electron chi connectivity index (χ0n) is 11.2. The lowest BCUT2D eigenvalue weighted by Gasteiger charge is -2.12. The summed E-state index contributed by atoms with van der Waals surface area (Å²) in [6.07, 6.45) is -2.69. The molecule has 4 rings (SSSR count). The van der Waals surface area contributed by atoms with Crippen LogP contribution in [0.5, 0.6) is 0 Å². The van der Waals surface area contributed by atoms with E-state index in [4.69, 9.17) is 4.74 Å². The lowest BCUT2D eigenvalue weighted by atomic mass is 10.2. The van der Waals surface area contributed by atoms with E-state index >= 15 is 0 Å². The molecular weight excluding hydrogens is 301 g/mol. The topological polar surface area (TPSA) is 68.5 Å². The maximum atomic E-state index is 12.9. The first kappa shape index (κ1) is 13.5. The zero-order chi connectivity index (χ0) is 15.5. The number of aromatic nitrogens is 3. The van der Waals surface area contributed by atoms with Crippen LogP contribution in [0.25, 0.3) is 5.65 Å². The molecule has 2 atom stereocenters. The van der Waals surface area contributed by atoms with Crippen LogP contribution in [0.15, 0.2) is 18.3 Å². The molecule has 3 heterocycles. The molecule has 0 spiro atoms. The second-order valence-corrected chi connectivity index (χ2v) is 5.65. The highest BCUT2D eigenvalue weighted by molar-refractivity contribution is 5.94. The number of nitrogens with one attached hydrogen (secondary N) is 1. The molecule has 6 nitrogen and oxygen atoms in total. The molecule has 22 heavy (non-hydrogen) atoms. The summed E-state index contributed by atoms with van der Waals surface area (Å²) >= 11 is 0. The van der Waals surface area contributed by atoms with Gasteiger partial charge in [-0.05, 0) is 12.5 Å². The number of hydrogen-bond donors (Lipinski definition) is 1. The highest BCUT2D eigenvalue weighted by atomic mass is 19.4. The van der Waals surface area contributed by atoms with Crippen molar-refractivity contribution in [2.45, 2.75) is 18.1 Å². The van der Waals surface area contributed by atoms with Crippen molar-refractivity contribution >= 4 is 11.6 Å². The number of rotatable bonds is 2. The Morgan fingerprint density at radius 3 is 2.95 bits per heavy atom. The van der Waals surface area contributed by atoms with E-state index < -0.39 is 17.8 Å². The van der Waals surface area contributed by atoms with E-state index in [2.05, 4.69) is 15.4 Å². The average molecular weight is 312 g/mol. The van der Waals surface area contributed by atoms with Gasteiger partial charge in [-0.25, -0.2) is 9.50 Å². The maximum Gasteiger partial charge on any atom is 0.433 e. The number of ether oxygens (including phenoxy) is 1. The fourth-order valence-corrected chi connectivity index (χ4v) is 2.86.